The number of aryl methyl sites for hydroxylation is 1. The minimum absolute atomic E-state index is 0.197. The van der Waals surface area contributed by atoms with Crippen molar-refractivity contribution < 1.29 is 0 Å². The molecule has 0 spiro atoms. The zero-order valence-electron chi connectivity index (χ0n) is 11.5. The van der Waals surface area contributed by atoms with Crippen LogP contribution in [0.4, 0.5) is 0 Å². The summed E-state index contributed by atoms with van der Waals surface area (Å²) in [5.41, 5.74) is 0.197. The van der Waals surface area contributed by atoms with E-state index in [0.717, 1.165) is 48.9 Å². The van der Waals surface area contributed by atoms with Crippen molar-refractivity contribution in [1.29, 1.82) is 0 Å². The van der Waals surface area contributed by atoms with E-state index in [4.69, 9.17) is 4.98 Å². The molecule has 0 aromatic carbocycles. The van der Waals surface area contributed by atoms with E-state index < -0.39 is 0 Å². The first-order chi connectivity index (χ1) is 9.25. The van der Waals surface area contributed by atoms with Crippen molar-refractivity contribution in [2.24, 2.45) is 7.05 Å². The summed E-state index contributed by atoms with van der Waals surface area (Å²) in [4.78, 5) is 6.01. The molecule has 4 nitrogen and oxygen atoms in total. The molecule has 0 unspecified atom stereocenters. The summed E-state index contributed by atoms with van der Waals surface area (Å²) in [5, 5.41) is 10.1. The lowest BCUT2D eigenvalue weighted by molar-refractivity contribution is 0.274. The number of rotatable bonds is 3. The van der Waals surface area contributed by atoms with Crippen LogP contribution in [0.2, 0.25) is 0 Å². The van der Waals surface area contributed by atoms with E-state index in [1.54, 1.807) is 11.3 Å². The third kappa shape index (κ3) is 2.21. The minimum atomic E-state index is 0.197. The molecule has 1 aliphatic heterocycles. The van der Waals surface area contributed by atoms with Gasteiger partial charge in [-0.3, -0.25) is 4.68 Å². The van der Waals surface area contributed by atoms with E-state index >= 15 is 0 Å². The highest BCUT2D eigenvalue weighted by Gasteiger charge is 2.36. The van der Waals surface area contributed by atoms with Gasteiger partial charge >= 0.3 is 0 Å². The van der Waals surface area contributed by atoms with E-state index in [-0.39, 0.29) is 5.41 Å². The molecule has 2 aromatic heterocycles. The summed E-state index contributed by atoms with van der Waals surface area (Å²) in [6.45, 7) is 4.43. The van der Waals surface area contributed by atoms with Crippen LogP contribution in [0.5, 0.6) is 0 Å². The lowest BCUT2D eigenvalue weighted by atomic mass is 9.76. The normalized spacial score (nSPS) is 18.6. The Bertz CT molecular complexity index is 538. The van der Waals surface area contributed by atoms with Crippen LogP contribution in [0.25, 0.3) is 10.7 Å². The number of nitrogens with one attached hydrogen (secondary N) is 1. The molecule has 2 aromatic rings. The van der Waals surface area contributed by atoms with Gasteiger partial charge in [0.05, 0.1) is 4.88 Å². The molecule has 0 saturated carbocycles. The van der Waals surface area contributed by atoms with Crippen LogP contribution < -0.4 is 5.32 Å². The summed E-state index contributed by atoms with van der Waals surface area (Å²) >= 11 is 1.70. The zero-order chi connectivity index (χ0) is 13.3. The number of thiophene rings is 1. The third-order valence-electron chi connectivity index (χ3n) is 4.22. The number of hydrogen-bond acceptors (Lipinski definition) is 4. The average molecular weight is 276 g/mol. The Morgan fingerprint density at radius 1 is 1.42 bits per heavy atom. The van der Waals surface area contributed by atoms with Gasteiger partial charge in [-0.05, 0) is 43.8 Å². The minimum Gasteiger partial charge on any atom is -0.317 e. The van der Waals surface area contributed by atoms with Gasteiger partial charge in [0.2, 0.25) is 0 Å². The summed E-state index contributed by atoms with van der Waals surface area (Å²) in [6.07, 6.45) is 3.44. The smallest absolute Gasteiger partial charge is 0.191 e. The van der Waals surface area contributed by atoms with Crippen molar-refractivity contribution >= 4 is 11.3 Å². The summed E-state index contributed by atoms with van der Waals surface area (Å²) in [5.74, 6) is 2.03. The summed E-state index contributed by atoms with van der Waals surface area (Å²) < 4.78 is 1.99. The molecular formula is C14H20N4S. The fraction of sp³-hybridized carbons (Fsp3) is 0.571. The van der Waals surface area contributed by atoms with Crippen molar-refractivity contribution in [2.75, 3.05) is 13.1 Å². The van der Waals surface area contributed by atoms with Crippen molar-refractivity contribution in [1.82, 2.24) is 20.1 Å². The first-order valence-electron chi connectivity index (χ1n) is 6.91. The first-order valence-corrected chi connectivity index (χ1v) is 7.79. The fourth-order valence-electron chi connectivity index (χ4n) is 3.00. The van der Waals surface area contributed by atoms with Gasteiger partial charge in [-0.25, -0.2) is 4.98 Å². The summed E-state index contributed by atoms with van der Waals surface area (Å²) in [6, 6.07) is 4.14. The van der Waals surface area contributed by atoms with Crippen LogP contribution >= 0.6 is 11.3 Å². The lowest BCUT2D eigenvalue weighted by Gasteiger charge is -2.35. The second kappa shape index (κ2) is 5.06. The monoisotopic (exact) mass is 276 g/mol. The second-order valence-corrected chi connectivity index (χ2v) is 6.19. The maximum Gasteiger partial charge on any atom is 0.191 e. The molecule has 1 aliphatic rings. The molecule has 1 fully saturated rings. The summed E-state index contributed by atoms with van der Waals surface area (Å²) in [7, 11) is 2.03. The van der Waals surface area contributed by atoms with E-state index in [1.165, 1.54) is 0 Å². The largest absolute Gasteiger partial charge is 0.317 e. The molecule has 0 aliphatic carbocycles. The van der Waals surface area contributed by atoms with E-state index in [1.807, 2.05) is 11.7 Å². The highest BCUT2D eigenvalue weighted by molar-refractivity contribution is 7.13. The zero-order valence-corrected chi connectivity index (χ0v) is 12.3. The van der Waals surface area contributed by atoms with Crippen LogP contribution in [0.15, 0.2) is 17.5 Å². The van der Waals surface area contributed by atoms with Crippen molar-refractivity contribution in [2.45, 2.75) is 31.6 Å². The molecule has 3 rings (SSSR count). The van der Waals surface area contributed by atoms with Crippen LogP contribution in [-0.4, -0.2) is 27.9 Å². The molecule has 102 valence electrons. The molecule has 5 heteroatoms. The number of piperidine rings is 1. The van der Waals surface area contributed by atoms with Crippen LogP contribution in [0, 0.1) is 0 Å². The Hall–Kier alpha value is -1.20. The van der Waals surface area contributed by atoms with Gasteiger partial charge in [-0.15, -0.1) is 11.3 Å². The van der Waals surface area contributed by atoms with E-state index in [0.29, 0.717) is 0 Å². The predicted octanol–water partition coefficient (Wildman–Crippen LogP) is 2.57. The average Bonchev–Trinajstić information content (AvgIpc) is 3.08. The molecule has 1 N–H and O–H groups in total. The van der Waals surface area contributed by atoms with Gasteiger partial charge in [0.15, 0.2) is 5.82 Å². The molecule has 0 radical (unpaired) electrons. The van der Waals surface area contributed by atoms with Gasteiger partial charge in [0.1, 0.15) is 5.82 Å². The Kier molecular flexibility index (Phi) is 3.41. The maximum atomic E-state index is 4.85. The Labute approximate surface area is 117 Å². The molecule has 19 heavy (non-hydrogen) atoms. The Balaban J connectivity index is 2.00. The van der Waals surface area contributed by atoms with Crippen molar-refractivity contribution in [3.8, 4) is 10.7 Å². The second-order valence-electron chi connectivity index (χ2n) is 5.24. The SMILES string of the molecule is CCC1(c2nc(-c3cccs3)nn2C)CCNCC1. The molecular weight excluding hydrogens is 256 g/mol. The predicted molar refractivity (Wildman–Crippen MR) is 78.4 cm³/mol. The fourth-order valence-corrected chi connectivity index (χ4v) is 3.65. The van der Waals surface area contributed by atoms with E-state index in [2.05, 4.69) is 34.9 Å². The molecule has 3 heterocycles. The lowest BCUT2D eigenvalue weighted by Crippen LogP contribution is -2.41. The highest BCUT2D eigenvalue weighted by Crippen LogP contribution is 2.36. The third-order valence-corrected chi connectivity index (χ3v) is 5.08. The van der Waals surface area contributed by atoms with E-state index in [9.17, 15) is 0 Å². The number of nitrogens with zero attached hydrogens (tertiary/aromatic N) is 3. The molecule has 0 amide bonds. The maximum absolute atomic E-state index is 4.85. The number of aromatic nitrogens is 3. The van der Waals surface area contributed by atoms with Gasteiger partial charge in [-0.2, -0.15) is 5.10 Å². The Morgan fingerprint density at radius 2 is 2.21 bits per heavy atom. The topological polar surface area (TPSA) is 42.7 Å². The van der Waals surface area contributed by atoms with Crippen LogP contribution in [0.3, 0.4) is 0 Å². The highest BCUT2D eigenvalue weighted by atomic mass is 32.1. The van der Waals surface area contributed by atoms with Crippen LogP contribution in [0.1, 0.15) is 32.0 Å². The van der Waals surface area contributed by atoms with Gasteiger partial charge in [-0.1, -0.05) is 13.0 Å². The van der Waals surface area contributed by atoms with Crippen LogP contribution in [-0.2, 0) is 12.5 Å². The first kappa shape index (κ1) is 12.8. The van der Waals surface area contributed by atoms with Crippen molar-refractivity contribution in [3.63, 3.8) is 0 Å². The Morgan fingerprint density at radius 3 is 2.84 bits per heavy atom. The molecule has 0 bridgehead atoms. The standard InChI is InChI=1S/C14H20N4S/c1-3-14(6-8-15-9-7-14)13-16-12(17-18(13)2)11-5-4-10-19-11/h4-5,10,15H,3,6-9H2,1-2H3. The number of hydrogen-bond donors (Lipinski definition) is 1. The van der Waals surface area contributed by atoms with Gasteiger partial charge in [0.25, 0.3) is 0 Å². The van der Waals surface area contributed by atoms with Gasteiger partial charge in [0, 0.05) is 12.5 Å². The van der Waals surface area contributed by atoms with Gasteiger partial charge < -0.3 is 5.32 Å². The molecule has 1 saturated heterocycles. The van der Waals surface area contributed by atoms with Crippen molar-refractivity contribution in [3.05, 3.63) is 23.3 Å². The molecule has 0 atom stereocenters. The quantitative estimate of drug-likeness (QED) is 0.937.